The van der Waals surface area contributed by atoms with Crippen LogP contribution in [-0.4, -0.2) is 20.5 Å². The summed E-state index contributed by atoms with van der Waals surface area (Å²) in [7, 11) is 0. The Morgan fingerprint density at radius 3 is 2.37 bits per heavy atom. The predicted octanol–water partition coefficient (Wildman–Crippen LogP) is 7.47. The molecule has 2 amide bonds. The van der Waals surface area contributed by atoms with E-state index in [1.165, 1.54) is 4.57 Å². The molecule has 8 heteroatoms. The number of hydrogen-bond acceptors (Lipinski definition) is 3. The minimum atomic E-state index is -1.10. The first-order chi connectivity index (χ1) is 19.9. The Morgan fingerprint density at radius 1 is 0.951 bits per heavy atom. The van der Waals surface area contributed by atoms with Crippen molar-refractivity contribution < 1.29 is 13.6 Å². The van der Waals surface area contributed by atoms with Gasteiger partial charge in [0.25, 0.3) is 5.56 Å². The lowest BCUT2D eigenvalue weighted by Crippen LogP contribution is -2.44. The Hall–Kier alpha value is -4.85. The SMILES string of the molecule is CC(c1ccccc1)N(C(=O)Nc1ccccc1-c1ccccc1)C1CCCn2c1nc1cc(F)c(F)cc1c2=O. The van der Waals surface area contributed by atoms with Gasteiger partial charge in [0, 0.05) is 18.2 Å². The van der Waals surface area contributed by atoms with Gasteiger partial charge in [-0.05, 0) is 43.0 Å². The van der Waals surface area contributed by atoms with Crippen LogP contribution in [0.25, 0.3) is 22.0 Å². The Labute approximate surface area is 235 Å². The third-order valence-electron chi connectivity index (χ3n) is 7.71. The molecule has 206 valence electrons. The van der Waals surface area contributed by atoms with E-state index in [0.717, 1.165) is 28.8 Å². The number of nitrogens with one attached hydrogen (secondary N) is 1. The number of halogens is 2. The van der Waals surface area contributed by atoms with Crippen LogP contribution in [0.5, 0.6) is 0 Å². The highest BCUT2D eigenvalue weighted by Gasteiger charge is 2.36. The van der Waals surface area contributed by atoms with Gasteiger partial charge in [0.1, 0.15) is 5.82 Å². The Balaban J connectivity index is 1.46. The van der Waals surface area contributed by atoms with Gasteiger partial charge in [-0.15, -0.1) is 0 Å². The van der Waals surface area contributed by atoms with Gasteiger partial charge in [-0.25, -0.2) is 18.6 Å². The number of para-hydroxylation sites is 1. The van der Waals surface area contributed by atoms with E-state index in [9.17, 15) is 18.4 Å². The van der Waals surface area contributed by atoms with Gasteiger partial charge in [0.15, 0.2) is 11.6 Å². The van der Waals surface area contributed by atoms with Crippen LogP contribution in [0.3, 0.4) is 0 Å². The van der Waals surface area contributed by atoms with E-state index in [4.69, 9.17) is 0 Å². The summed E-state index contributed by atoms with van der Waals surface area (Å²) >= 11 is 0. The Morgan fingerprint density at radius 2 is 1.61 bits per heavy atom. The van der Waals surface area contributed by atoms with Gasteiger partial charge < -0.3 is 10.2 Å². The Bertz CT molecular complexity index is 1790. The van der Waals surface area contributed by atoms with E-state index in [0.29, 0.717) is 30.9 Å². The average Bonchev–Trinajstić information content (AvgIpc) is 3.00. The van der Waals surface area contributed by atoms with Crippen LogP contribution >= 0.6 is 0 Å². The molecule has 41 heavy (non-hydrogen) atoms. The van der Waals surface area contributed by atoms with Crippen LogP contribution in [0.2, 0.25) is 0 Å². The molecule has 0 saturated heterocycles. The van der Waals surface area contributed by atoms with E-state index in [-0.39, 0.29) is 16.9 Å². The third-order valence-corrected chi connectivity index (χ3v) is 7.71. The van der Waals surface area contributed by atoms with Crippen LogP contribution in [0.1, 0.15) is 43.2 Å². The maximum absolute atomic E-state index is 14.3. The second-order valence-corrected chi connectivity index (χ2v) is 10.2. The lowest BCUT2D eigenvalue weighted by Gasteiger charge is -2.39. The molecule has 5 aromatic rings. The molecule has 0 bridgehead atoms. The van der Waals surface area contributed by atoms with Crippen LogP contribution in [-0.2, 0) is 6.54 Å². The standard InChI is InChI=1S/C33H28F2N4O2/c1-21(22-11-4-2-5-12-22)39(33(41)37-28-16-9-8-15-24(28)23-13-6-3-7-14-23)30-17-10-18-38-31(30)36-29-20-27(35)26(34)19-25(29)32(38)40/h2-9,11-16,19-21,30H,10,17-18H2,1H3,(H,37,41). The normalized spacial score (nSPS) is 15.2. The first-order valence-corrected chi connectivity index (χ1v) is 13.6. The zero-order valence-corrected chi connectivity index (χ0v) is 22.4. The maximum Gasteiger partial charge on any atom is 0.322 e. The molecule has 1 aliphatic heterocycles. The molecule has 2 heterocycles. The summed E-state index contributed by atoms with van der Waals surface area (Å²) in [4.78, 5) is 34.0. The molecule has 1 aliphatic rings. The number of carbonyl (C=O) groups excluding carboxylic acids is 1. The quantitative estimate of drug-likeness (QED) is 0.247. The fourth-order valence-electron chi connectivity index (χ4n) is 5.66. The van der Waals surface area contributed by atoms with Gasteiger partial charge >= 0.3 is 6.03 Å². The highest BCUT2D eigenvalue weighted by atomic mass is 19.2. The first kappa shape index (κ1) is 26.4. The number of anilines is 1. The van der Waals surface area contributed by atoms with Crippen molar-refractivity contribution in [1.82, 2.24) is 14.5 Å². The third kappa shape index (κ3) is 4.97. The van der Waals surface area contributed by atoms with Crippen LogP contribution < -0.4 is 10.9 Å². The molecule has 1 N–H and O–H groups in total. The van der Waals surface area contributed by atoms with Crippen molar-refractivity contribution in [3.8, 4) is 11.1 Å². The van der Waals surface area contributed by atoms with Gasteiger partial charge in [-0.2, -0.15) is 0 Å². The van der Waals surface area contributed by atoms with E-state index in [2.05, 4.69) is 10.3 Å². The fraction of sp³-hybridized carbons (Fsp3) is 0.182. The lowest BCUT2D eigenvalue weighted by atomic mass is 9.99. The van der Waals surface area contributed by atoms with E-state index in [1.807, 2.05) is 91.9 Å². The number of rotatable bonds is 5. The molecule has 6 nitrogen and oxygen atoms in total. The molecule has 1 aromatic heterocycles. The summed E-state index contributed by atoms with van der Waals surface area (Å²) in [5.41, 5.74) is 3.00. The average molecular weight is 551 g/mol. The smallest absolute Gasteiger partial charge is 0.308 e. The molecule has 0 radical (unpaired) electrons. The van der Waals surface area contributed by atoms with E-state index < -0.39 is 29.3 Å². The van der Waals surface area contributed by atoms with E-state index in [1.54, 1.807) is 4.90 Å². The van der Waals surface area contributed by atoms with Gasteiger partial charge in [0.05, 0.1) is 28.7 Å². The summed E-state index contributed by atoms with van der Waals surface area (Å²) in [6.45, 7) is 2.31. The number of urea groups is 1. The summed E-state index contributed by atoms with van der Waals surface area (Å²) in [6.07, 6.45) is 1.16. The minimum Gasteiger partial charge on any atom is -0.308 e. The van der Waals surface area contributed by atoms with Crippen molar-refractivity contribution in [1.29, 1.82) is 0 Å². The molecule has 4 aromatic carbocycles. The number of carbonyl (C=O) groups is 1. The zero-order valence-electron chi connectivity index (χ0n) is 22.4. The van der Waals surface area contributed by atoms with Crippen LogP contribution in [0, 0.1) is 11.6 Å². The summed E-state index contributed by atoms with van der Waals surface area (Å²) in [5.74, 6) is -1.82. The van der Waals surface area contributed by atoms with Crippen LogP contribution in [0.4, 0.5) is 19.3 Å². The molecular formula is C33H28F2N4O2. The fourth-order valence-corrected chi connectivity index (χ4v) is 5.66. The van der Waals surface area contributed by atoms with Crippen molar-refractivity contribution >= 4 is 22.6 Å². The number of nitrogens with zero attached hydrogens (tertiary/aromatic N) is 3. The first-order valence-electron chi connectivity index (χ1n) is 13.6. The highest BCUT2D eigenvalue weighted by Crippen LogP contribution is 2.37. The number of fused-ring (bicyclic) bond motifs is 2. The van der Waals surface area contributed by atoms with Gasteiger partial charge in [0.2, 0.25) is 0 Å². The van der Waals surface area contributed by atoms with Crippen molar-refractivity contribution in [2.45, 2.75) is 38.4 Å². The molecular weight excluding hydrogens is 522 g/mol. The van der Waals surface area contributed by atoms with Crippen molar-refractivity contribution in [3.05, 3.63) is 130 Å². The number of benzene rings is 4. The molecule has 2 unspecified atom stereocenters. The topological polar surface area (TPSA) is 67.2 Å². The highest BCUT2D eigenvalue weighted by molar-refractivity contribution is 5.95. The van der Waals surface area contributed by atoms with Gasteiger partial charge in [-0.3, -0.25) is 9.36 Å². The summed E-state index contributed by atoms with van der Waals surface area (Å²) in [5, 5.41) is 3.13. The molecule has 0 saturated carbocycles. The maximum atomic E-state index is 14.3. The second kappa shape index (κ2) is 11.0. The molecule has 6 rings (SSSR count). The van der Waals surface area contributed by atoms with Crippen molar-refractivity contribution in [2.24, 2.45) is 0 Å². The molecule has 0 spiro atoms. The van der Waals surface area contributed by atoms with Crippen molar-refractivity contribution in [2.75, 3.05) is 5.32 Å². The number of hydrogen-bond donors (Lipinski definition) is 1. The zero-order chi connectivity index (χ0) is 28.5. The minimum absolute atomic E-state index is 0.0113. The summed E-state index contributed by atoms with van der Waals surface area (Å²) in [6, 6.07) is 27.5. The Kier molecular flexibility index (Phi) is 7.05. The van der Waals surface area contributed by atoms with Gasteiger partial charge in [-0.1, -0.05) is 78.9 Å². The summed E-state index contributed by atoms with van der Waals surface area (Å²) < 4.78 is 29.7. The monoisotopic (exact) mass is 550 g/mol. The lowest BCUT2D eigenvalue weighted by molar-refractivity contribution is 0.140. The van der Waals surface area contributed by atoms with Crippen LogP contribution in [0.15, 0.2) is 102 Å². The number of amides is 2. The second-order valence-electron chi connectivity index (χ2n) is 10.2. The molecule has 2 atom stereocenters. The molecule has 0 fully saturated rings. The molecule has 0 aliphatic carbocycles. The van der Waals surface area contributed by atoms with E-state index >= 15 is 0 Å². The number of aromatic nitrogens is 2. The predicted molar refractivity (Wildman–Crippen MR) is 155 cm³/mol. The largest absolute Gasteiger partial charge is 0.322 e. The van der Waals surface area contributed by atoms with Crippen molar-refractivity contribution in [3.63, 3.8) is 0 Å².